The van der Waals surface area contributed by atoms with Crippen LogP contribution in [0.5, 0.6) is 0 Å². The quantitative estimate of drug-likeness (QED) is 0.407. The number of allylic oxidation sites excluding steroid dienone is 1. The highest BCUT2D eigenvalue weighted by molar-refractivity contribution is 5.95. The summed E-state index contributed by atoms with van der Waals surface area (Å²) in [6, 6.07) is 0. The average Bonchev–Trinajstić information content (AvgIpc) is 2.77. The van der Waals surface area contributed by atoms with E-state index >= 15 is 0 Å². The first kappa shape index (κ1) is 12.6. The molecule has 1 saturated heterocycles. The molecule has 0 aromatic heterocycles. The molecule has 19 heavy (non-hydrogen) atoms. The molecule has 4 heteroatoms. The van der Waals surface area contributed by atoms with Crippen molar-refractivity contribution in [1.29, 1.82) is 0 Å². The number of carbonyl (C=O) groups excluding carboxylic acids is 2. The lowest BCUT2D eigenvalue weighted by Crippen LogP contribution is -2.44. The van der Waals surface area contributed by atoms with Gasteiger partial charge >= 0.3 is 5.97 Å². The topological polar surface area (TPSA) is 63.6 Å². The Morgan fingerprint density at radius 2 is 2.16 bits per heavy atom. The van der Waals surface area contributed by atoms with Crippen molar-refractivity contribution in [3.8, 4) is 0 Å². The van der Waals surface area contributed by atoms with Crippen molar-refractivity contribution in [3.63, 3.8) is 0 Å². The van der Waals surface area contributed by atoms with E-state index in [1.807, 2.05) is 13.0 Å². The van der Waals surface area contributed by atoms with Crippen LogP contribution in [-0.2, 0) is 14.3 Å². The molecular formula is C15H18O4. The Labute approximate surface area is 112 Å². The van der Waals surface area contributed by atoms with Crippen molar-refractivity contribution in [1.82, 2.24) is 0 Å². The molecule has 0 unspecified atom stereocenters. The molecule has 1 saturated carbocycles. The summed E-state index contributed by atoms with van der Waals surface area (Å²) >= 11 is 0. The molecule has 0 spiro atoms. The second-order valence-corrected chi connectivity index (χ2v) is 6.07. The van der Waals surface area contributed by atoms with Crippen LogP contribution in [0.2, 0.25) is 0 Å². The van der Waals surface area contributed by atoms with E-state index in [-0.39, 0.29) is 17.8 Å². The number of aliphatic hydroxyl groups excluding tert-OH is 1. The Morgan fingerprint density at radius 1 is 1.47 bits per heavy atom. The van der Waals surface area contributed by atoms with E-state index in [0.717, 1.165) is 5.57 Å². The SMILES string of the molecule is C=C1C(=O)O[C@@H]2C[C@@H](C)C3=CCC(=O)[C@@]3(C)[C@@H](O)[C@H]12. The summed E-state index contributed by atoms with van der Waals surface area (Å²) in [6.45, 7) is 7.55. The molecule has 2 fully saturated rings. The Kier molecular flexibility index (Phi) is 2.52. The van der Waals surface area contributed by atoms with Crippen molar-refractivity contribution in [2.75, 3.05) is 0 Å². The lowest BCUT2D eigenvalue weighted by molar-refractivity contribution is -0.140. The number of fused-ring (bicyclic) bond motifs is 2. The van der Waals surface area contributed by atoms with E-state index in [2.05, 4.69) is 6.58 Å². The first-order valence-electron chi connectivity index (χ1n) is 6.69. The zero-order chi connectivity index (χ0) is 13.9. The van der Waals surface area contributed by atoms with Crippen LogP contribution in [0.25, 0.3) is 0 Å². The molecular weight excluding hydrogens is 244 g/mol. The van der Waals surface area contributed by atoms with Crippen molar-refractivity contribution in [3.05, 3.63) is 23.8 Å². The van der Waals surface area contributed by atoms with Gasteiger partial charge in [-0.3, -0.25) is 4.79 Å². The molecule has 3 aliphatic rings. The second-order valence-electron chi connectivity index (χ2n) is 6.07. The summed E-state index contributed by atoms with van der Waals surface area (Å²) in [5.41, 5.74) is 0.394. The lowest BCUT2D eigenvalue weighted by Gasteiger charge is -2.34. The van der Waals surface area contributed by atoms with Gasteiger partial charge in [0.15, 0.2) is 0 Å². The van der Waals surface area contributed by atoms with Gasteiger partial charge in [-0.25, -0.2) is 4.79 Å². The first-order chi connectivity index (χ1) is 8.87. The van der Waals surface area contributed by atoms with Crippen LogP contribution in [0.1, 0.15) is 26.7 Å². The van der Waals surface area contributed by atoms with Crippen LogP contribution in [0.15, 0.2) is 23.8 Å². The highest BCUT2D eigenvalue weighted by atomic mass is 16.6. The third-order valence-corrected chi connectivity index (χ3v) is 5.06. The van der Waals surface area contributed by atoms with Gasteiger partial charge < -0.3 is 9.84 Å². The molecule has 4 nitrogen and oxygen atoms in total. The third-order valence-electron chi connectivity index (χ3n) is 5.06. The number of rotatable bonds is 0. The number of Topliss-reactive ketones (excluding diaryl/α,β-unsaturated/α-hetero) is 1. The largest absolute Gasteiger partial charge is 0.458 e. The predicted octanol–water partition coefficient (Wildman–Crippen LogP) is 1.39. The second kappa shape index (κ2) is 3.79. The molecule has 0 amide bonds. The van der Waals surface area contributed by atoms with Gasteiger partial charge in [0.2, 0.25) is 0 Å². The van der Waals surface area contributed by atoms with E-state index in [0.29, 0.717) is 18.4 Å². The number of aliphatic hydroxyl groups is 1. The molecule has 1 heterocycles. The highest BCUT2D eigenvalue weighted by Crippen LogP contribution is 2.52. The number of ketones is 1. The van der Waals surface area contributed by atoms with E-state index in [9.17, 15) is 14.7 Å². The number of carbonyl (C=O) groups is 2. The minimum Gasteiger partial charge on any atom is -0.458 e. The summed E-state index contributed by atoms with van der Waals surface area (Å²) in [5, 5.41) is 10.7. The lowest BCUT2D eigenvalue weighted by atomic mass is 9.70. The number of ether oxygens (including phenoxy) is 1. The zero-order valence-electron chi connectivity index (χ0n) is 11.2. The van der Waals surface area contributed by atoms with Crippen molar-refractivity contribution < 1.29 is 19.4 Å². The van der Waals surface area contributed by atoms with E-state index in [4.69, 9.17) is 4.74 Å². The molecule has 3 rings (SSSR count). The number of hydrogen-bond donors (Lipinski definition) is 1. The summed E-state index contributed by atoms with van der Waals surface area (Å²) in [6.07, 6.45) is 1.65. The van der Waals surface area contributed by atoms with Gasteiger partial charge in [0, 0.05) is 12.0 Å². The van der Waals surface area contributed by atoms with Crippen LogP contribution >= 0.6 is 0 Å². The monoisotopic (exact) mass is 262 g/mol. The van der Waals surface area contributed by atoms with Crippen LogP contribution < -0.4 is 0 Å². The maximum absolute atomic E-state index is 12.2. The van der Waals surface area contributed by atoms with Gasteiger partial charge in [-0.15, -0.1) is 0 Å². The van der Waals surface area contributed by atoms with Crippen LogP contribution in [0.4, 0.5) is 0 Å². The molecule has 5 atom stereocenters. The molecule has 1 N–H and O–H groups in total. The molecule has 0 aromatic carbocycles. The van der Waals surface area contributed by atoms with Crippen molar-refractivity contribution in [2.24, 2.45) is 17.3 Å². The fourth-order valence-electron chi connectivity index (χ4n) is 3.91. The first-order valence-corrected chi connectivity index (χ1v) is 6.69. The summed E-state index contributed by atoms with van der Waals surface area (Å²) in [4.78, 5) is 23.9. The van der Waals surface area contributed by atoms with Gasteiger partial charge in [-0.05, 0) is 19.3 Å². The standard InChI is InChI=1S/C15H18O4/c1-7-6-10-12(8(2)14(18)19-10)13(17)15(3)9(7)4-5-11(15)16/h4,7,10,12-13,17H,2,5-6H2,1,3H3/t7-,10-,12-,13+,15+/m1/s1. The Balaban J connectivity index is 2.11. The normalized spacial score (nSPS) is 45.4. The highest BCUT2D eigenvalue weighted by Gasteiger charge is 2.58. The average molecular weight is 262 g/mol. The Morgan fingerprint density at radius 3 is 2.84 bits per heavy atom. The van der Waals surface area contributed by atoms with Gasteiger partial charge in [-0.2, -0.15) is 0 Å². The van der Waals surface area contributed by atoms with Crippen molar-refractivity contribution >= 4 is 11.8 Å². The van der Waals surface area contributed by atoms with E-state index in [1.54, 1.807) is 6.92 Å². The molecule has 0 aromatic rings. The van der Waals surface area contributed by atoms with E-state index in [1.165, 1.54) is 0 Å². The molecule has 1 aliphatic heterocycles. The summed E-state index contributed by atoms with van der Waals surface area (Å²) in [5.74, 6) is -0.759. The van der Waals surface area contributed by atoms with Gasteiger partial charge in [0.05, 0.1) is 17.4 Å². The fraction of sp³-hybridized carbons (Fsp3) is 0.600. The Bertz CT molecular complexity index is 518. The maximum atomic E-state index is 12.2. The molecule has 0 bridgehead atoms. The van der Waals surface area contributed by atoms with Gasteiger partial charge in [0.1, 0.15) is 11.9 Å². The third kappa shape index (κ3) is 1.43. The minimum absolute atomic E-state index is 0.0228. The number of esters is 1. The molecule has 0 radical (unpaired) electrons. The molecule has 102 valence electrons. The molecule has 2 aliphatic carbocycles. The number of hydrogen-bond acceptors (Lipinski definition) is 4. The van der Waals surface area contributed by atoms with E-state index < -0.39 is 23.4 Å². The fourth-order valence-corrected chi connectivity index (χ4v) is 3.91. The zero-order valence-corrected chi connectivity index (χ0v) is 11.2. The maximum Gasteiger partial charge on any atom is 0.334 e. The van der Waals surface area contributed by atoms with Crippen LogP contribution in [0, 0.1) is 17.3 Å². The summed E-state index contributed by atoms with van der Waals surface area (Å²) < 4.78 is 5.31. The predicted molar refractivity (Wildman–Crippen MR) is 68.1 cm³/mol. The van der Waals surface area contributed by atoms with Gasteiger partial charge in [0.25, 0.3) is 0 Å². The van der Waals surface area contributed by atoms with Gasteiger partial charge in [-0.1, -0.05) is 25.2 Å². The Hall–Kier alpha value is -1.42. The van der Waals surface area contributed by atoms with Crippen LogP contribution in [-0.4, -0.2) is 29.1 Å². The van der Waals surface area contributed by atoms with Crippen molar-refractivity contribution in [2.45, 2.75) is 38.9 Å². The van der Waals surface area contributed by atoms with Crippen LogP contribution in [0.3, 0.4) is 0 Å². The minimum atomic E-state index is -0.928. The summed E-state index contributed by atoms with van der Waals surface area (Å²) in [7, 11) is 0. The smallest absolute Gasteiger partial charge is 0.334 e.